The highest BCUT2D eigenvalue weighted by Crippen LogP contribution is 2.21. The summed E-state index contributed by atoms with van der Waals surface area (Å²) in [5.74, 6) is 0.552. The van der Waals surface area contributed by atoms with Gasteiger partial charge in [0.2, 0.25) is 0 Å². The van der Waals surface area contributed by atoms with Crippen LogP contribution >= 0.6 is 12.6 Å². The summed E-state index contributed by atoms with van der Waals surface area (Å²) < 4.78 is 5.23. The summed E-state index contributed by atoms with van der Waals surface area (Å²) in [7, 11) is 0. The van der Waals surface area contributed by atoms with Crippen LogP contribution in [-0.2, 0) is 4.79 Å². The van der Waals surface area contributed by atoms with E-state index >= 15 is 0 Å². The Morgan fingerprint density at radius 1 is 1.05 bits per heavy atom. The summed E-state index contributed by atoms with van der Waals surface area (Å²) in [4.78, 5) is 23.8. The predicted molar refractivity (Wildman–Crippen MR) is 85.2 cm³/mol. The van der Waals surface area contributed by atoms with Crippen molar-refractivity contribution in [2.24, 2.45) is 0 Å². The zero-order valence-corrected chi connectivity index (χ0v) is 12.6. The highest BCUT2D eigenvalue weighted by Gasteiger charge is 2.12. The van der Waals surface area contributed by atoms with Gasteiger partial charge in [-0.3, -0.25) is 9.59 Å². The van der Waals surface area contributed by atoms with E-state index in [1.807, 2.05) is 25.1 Å². The fourth-order valence-electron chi connectivity index (χ4n) is 1.93. The summed E-state index contributed by atoms with van der Waals surface area (Å²) in [5, 5.41) is 0. The number of hydrogen-bond donors (Lipinski definition) is 1. The van der Waals surface area contributed by atoms with Crippen molar-refractivity contribution in [1.82, 2.24) is 0 Å². The van der Waals surface area contributed by atoms with Crippen molar-refractivity contribution in [2.75, 3.05) is 5.75 Å². The molecule has 0 saturated carbocycles. The number of benzene rings is 2. The Kier molecular flexibility index (Phi) is 5.17. The topological polar surface area (TPSA) is 43.4 Å². The number of carbonyl (C=O) groups is 2. The summed E-state index contributed by atoms with van der Waals surface area (Å²) in [6, 6.07) is 14.1. The van der Waals surface area contributed by atoms with Gasteiger partial charge in [0.15, 0.2) is 5.78 Å². The second kappa shape index (κ2) is 7.09. The summed E-state index contributed by atoms with van der Waals surface area (Å²) >= 11 is 3.99. The minimum atomic E-state index is -0.324. The molecule has 3 nitrogen and oxygen atoms in total. The third-order valence-electron chi connectivity index (χ3n) is 3.01. The average molecular weight is 300 g/mol. The Hall–Kier alpha value is -2.07. The monoisotopic (exact) mass is 300 g/mol. The molecule has 0 unspecified atom stereocenters. The van der Waals surface area contributed by atoms with E-state index in [0.717, 1.165) is 5.56 Å². The third kappa shape index (κ3) is 3.95. The Bertz CT molecular complexity index is 650. The first-order valence-electron chi connectivity index (χ1n) is 6.63. The second-order valence-electron chi connectivity index (χ2n) is 4.62. The van der Waals surface area contributed by atoms with Crippen LogP contribution in [-0.4, -0.2) is 17.5 Å². The van der Waals surface area contributed by atoms with Crippen LogP contribution < -0.4 is 4.74 Å². The Balaban J connectivity index is 2.19. The lowest BCUT2D eigenvalue weighted by atomic mass is 10.0. The van der Waals surface area contributed by atoms with E-state index in [9.17, 15) is 9.59 Å². The largest absolute Gasteiger partial charge is 0.426 e. The van der Waals surface area contributed by atoms with Crippen LogP contribution in [0, 0.1) is 6.92 Å². The highest BCUT2D eigenvalue weighted by molar-refractivity contribution is 7.80. The minimum Gasteiger partial charge on any atom is -0.426 e. The molecule has 2 aromatic rings. The van der Waals surface area contributed by atoms with Gasteiger partial charge in [-0.25, -0.2) is 0 Å². The van der Waals surface area contributed by atoms with E-state index in [1.54, 1.807) is 30.3 Å². The number of ether oxygens (including phenoxy) is 1. The molecule has 0 aliphatic carbocycles. The maximum absolute atomic E-state index is 12.3. The predicted octanol–water partition coefficient (Wildman–Crippen LogP) is 3.45. The van der Waals surface area contributed by atoms with Crippen LogP contribution in [0.25, 0.3) is 0 Å². The summed E-state index contributed by atoms with van der Waals surface area (Å²) in [6.07, 6.45) is 0.257. The number of ketones is 1. The van der Waals surface area contributed by atoms with Gasteiger partial charge in [0.1, 0.15) is 5.75 Å². The van der Waals surface area contributed by atoms with Crippen LogP contribution in [0.1, 0.15) is 27.9 Å². The van der Waals surface area contributed by atoms with Crippen molar-refractivity contribution >= 4 is 24.4 Å². The molecule has 0 saturated heterocycles. The molecule has 2 rings (SSSR count). The molecule has 0 fully saturated rings. The SMILES string of the molecule is Cc1cc(C(=O)c2ccccc2)ccc1OC(=O)CCS. The van der Waals surface area contributed by atoms with Crippen molar-refractivity contribution < 1.29 is 14.3 Å². The molecule has 21 heavy (non-hydrogen) atoms. The quantitative estimate of drug-likeness (QED) is 0.398. The van der Waals surface area contributed by atoms with E-state index in [-0.39, 0.29) is 18.2 Å². The Morgan fingerprint density at radius 3 is 2.38 bits per heavy atom. The van der Waals surface area contributed by atoms with Gasteiger partial charge in [-0.15, -0.1) is 0 Å². The molecule has 0 aromatic heterocycles. The van der Waals surface area contributed by atoms with Crippen molar-refractivity contribution in [2.45, 2.75) is 13.3 Å². The van der Waals surface area contributed by atoms with Crippen molar-refractivity contribution in [3.63, 3.8) is 0 Å². The molecular weight excluding hydrogens is 284 g/mol. The molecule has 0 spiro atoms. The lowest BCUT2D eigenvalue weighted by Gasteiger charge is -2.08. The fourth-order valence-corrected chi connectivity index (χ4v) is 2.11. The van der Waals surface area contributed by atoms with E-state index in [1.165, 1.54) is 0 Å². The molecule has 0 heterocycles. The zero-order chi connectivity index (χ0) is 15.2. The lowest BCUT2D eigenvalue weighted by Crippen LogP contribution is -2.09. The van der Waals surface area contributed by atoms with Crippen LogP contribution in [0.2, 0.25) is 0 Å². The molecular formula is C17H16O3S. The van der Waals surface area contributed by atoms with Gasteiger partial charge in [0, 0.05) is 16.9 Å². The first kappa shape index (κ1) is 15.3. The fraction of sp³-hybridized carbons (Fsp3) is 0.176. The zero-order valence-electron chi connectivity index (χ0n) is 11.7. The van der Waals surface area contributed by atoms with Gasteiger partial charge in [-0.1, -0.05) is 30.3 Å². The molecule has 0 radical (unpaired) electrons. The molecule has 0 bridgehead atoms. The number of thiol groups is 1. The number of carbonyl (C=O) groups excluding carboxylic acids is 2. The number of esters is 1. The molecule has 0 aliphatic heterocycles. The second-order valence-corrected chi connectivity index (χ2v) is 5.07. The molecule has 0 N–H and O–H groups in total. The van der Waals surface area contributed by atoms with Crippen LogP contribution in [0.3, 0.4) is 0 Å². The molecule has 0 atom stereocenters. The summed E-state index contributed by atoms with van der Waals surface area (Å²) in [6.45, 7) is 1.81. The lowest BCUT2D eigenvalue weighted by molar-refractivity contribution is -0.133. The van der Waals surface area contributed by atoms with Crippen LogP contribution in [0.5, 0.6) is 5.75 Å². The average Bonchev–Trinajstić information content (AvgIpc) is 2.50. The van der Waals surface area contributed by atoms with Gasteiger partial charge in [0.05, 0.1) is 6.42 Å². The van der Waals surface area contributed by atoms with Gasteiger partial charge >= 0.3 is 5.97 Å². The van der Waals surface area contributed by atoms with E-state index in [0.29, 0.717) is 22.6 Å². The summed E-state index contributed by atoms with van der Waals surface area (Å²) in [5.41, 5.74) is 1.97. The normalized spacial score (nSPS) is 10.2. The Labute approximate surface area is 129 Å². The maximum Gasteiger partial charge on any atom is 0.312 e. The number of rotatable bonds is 5. The van der Waals surface area contributed by atoms with E-state index in [4.69, 9.17) is 4.74 Å². The van der Waals surface area contributed by atoms with Gasteiger partial charge in [0.25, 0.3) is 0 Å². The number of hydrogen-bond acceptors (Lipinski definition) is 4. The van der Waals surface area contributed by atoms with Crippen molar-refractivity contribution in [3.8, 4) is 5.75 Å². The van der Waals surface area contributed by atoms with Gasteiger partial charge in [-0.2, -0.15) is 12.6 Å². The van der Waals surface area contributed by atoms with Gasteiger partial charge < -0.3 is 4.74 Å². The van der Waals surface area contributed by atoms with E-state index in [2.05, 4.69) is 12.6 Å². The van der Waals surface area contributed by atoms with E-state index < -0.39 is 0 Å². The standard InChI is InChI=1S/C17H16O3S/c1-12-11-14(17(19)13-5-3-2-4-6-13)7-8-15(12)20-16(18)9-10-21/h2-8,11,21H,9-10H2,1H3. The molecule has 108 valence electrons. The molecule has 2 aromatic carbocycles. The minimum absolute atomic E-state index is 0.0491. The van der Waals surface area contributed by atoms with Crippen molar-refractivity contribution in [1.29, 1.82) is 0 Å². The first-order valence-corrected chi connectivity index (χ1v) is 7.27. The van der Waals surface area contributed by atoms with Gasteiger partial charge in [-0.05, 0) is 30.7 Å². The van der Waals surface area contributed by atoms with Crippen molar-refractivity contribution in [3.05, 3.63) is 65.2 Å². The third-order valence-corrected chi connectivity index (χ3v) is 3.24. The molecule has 0 aliphatic rings. The molecule has 0 amide bonds. The first-order chi connectivity index (χ1) is 10.1. The maximum atomic E-state index is 12.3. The van der Waals surface area contributed by atoms with Crippen LogP contribution in [0.4, 0.5) is 0 Å². The smallest absolute Gasteiger partial charge is 0.312 e. The number of aryl methyl sites for hydroxylation is 1. The Morgan fingerprint density at radius 2 is 1.76 bits per heavy atom. The molecule has 4 heteroatoms. The highest BCUT2D eigenvalue weighted by atomic mass is 32.1. The van der Waals surface area contributed by atoms with Crippen LogP contribution in [0.15, 0.2) is 48.5 Å².